The van der Waals surface area contributed by atoms with E-state index in [4.69, 9.17) is 11.6 Å². The van der Waals surface area contributed by atoms with Gasteiger partial charge in [0.25, 0.3) is 5.91 Å². The zero-order valence-electron chi connectivity index (χ0n) is 22.4. The molecule has 0 aliphatic heterocycles. The Bertz CT molecular complexity index is 1140. The summed E-state index contributed by atoms with van der Waals surface area (Å²) < 4.78 is 0. The summed E-state index contributed by atoms with van der Waals surface area (Å²) in [5.74, 6) is -1.06. The maximum Gasteiger partial charge on any atom is 0.272 e. The van der Waals surface area contributed by atoms with E-state index < -0.39 is 35.8 Å². The number of hydrogen-bond acceptors (Lipinski definition) is 6. The topological polar surface area (TPSA) is 145 Å². The number of terminal acetylenes is 1. The van der Waals surface area contributed by atoms with E-state index in [1.807, 2.05) is 19.9 Å². The van der Waals surface area contributed by atoms with Crippen LogP contribution in [0.25, 0.3) is 0 Å². The van der Waals surface area contributed by atoms with E-state index in [9.17, 15) is 24.3 Å². The first-order valence-corrected chi connectivity index (χ1v) is 13.0. The molecule has 2 aromatic carbocycles. The normalized spacial score (nSPS) is 13.0. The Kier molecular flexibility index (Phi) is 12.9. The molecule has 2 rings (SSSR count). The standard InChI is InChI=1S/C30H37N3O6/c1-4-5-6-10-17-31-29(37)25(32-28(36)24(18-20(2)3)27(35)30(38)33-39)19-21-13-15-23(16-14-21)26(34)22-11-8-7-9-12-22/h1,7-9,11-16,20,24-25,27,35,39H,5-6,10,17-19H2,2-3H3,(H,31,37)(H,32,36)(H,33,38)/t24-,25+,27+/m1/s1. The van der Waals surface area contributed by atoms with E-state index in [-0.39, 0.29) is 24.5 Å². The average Bonchev–Trinajstić information content (AvgIpc) is 2.94. The molecule has 0 spiro atoms. The van der Waals surface area contributed by atoms with Crippen LogP contribution in [0.2, 0.25) is 0 Å². The lowest BCUT2D eigenvalue weighted by Gasteiger charge is -2.26. The lowest BCUT2D eigenvalue weighted by atomic mass is 9.90. The number of carbonyl (C=O) groups excluding carboxylic acids is 4. The first kappa shape index (κ1) is 31.2. The highest BCUT2D eigenvalue weighted by molar-refractivity contribution is 6.08. The second-order valence-electron chi connectivity index (χ2n) is 9.77. The second kappa shape index (κ2) is 16.1. The molecule has 39 heavy (non-hydrogen) atoms. The van der Waals surface area contributed by atoms with Crippen LogP contribution in [-0.2, 0) is 20.8 Å². The smallest absolute Gasteiger partial charge is 0.272 e. The van der Waals surface area contributed by atoms with Crippen LogP contribution in [-0.4, -0.2) is 52.5 Å². The second-order valence-corrected chi connectivity index (χ2v) is 9.77. The molecular formula is C30H37N3O6. The highest BCUT2D eigenvalue weighted by Gasteiger charge is 2.34. The third-order valence-corrected chi connectivity index (χ3v) is 6.19. The molecule has 0 saturated heterocycles. The van der Waals surface area contributed by atoms with Crippen molar-refractivity contribution in [2.45, 2.75) is 58.1 Å². The van der Waals surface area contributed by atoms with Gasteiger partial charge in [0.05, 0.1) is 5.92 Å². The molecule has 3 atom stereocenters. The quantitative estimate of drug-likeness (QED) is 0.0779. The SMILES string of the molecule is C#CCCCCNC(=O)[C@H](Cc1ccc(C(=O)c2ccccc2)cc1)NC(=O)[C@H](CC(C)C)[C@H](O)C(=O)NO. The summed E-state index contributed by atoms with van der Waals surface area (Å²) in [7, 11) is 0. The molecule has 0 aromatic heterocycles. The van der Waals surface area contributed by atoms with E-state index >= 15 is 0 Å². The van der Waals surface area contributed by atoms with Crippen LogP contribution in [0.1, 0.15) is 61.0 Å². The predicted molar refractivity (Wildman–Crippen MR) is 147 cm³/mol. The fourth-order valence-corrected chi connectivity index (χ4v) is 4.10. The fourth-order valence-electron chi connectivity index (χ4n) is 4.10. The zero-order chi connectivity index (χ0) is 28.8. The van der Waals surface area contributed by atoms with Crippen molar-refractivity contribution < 1.29 is 29.5 Å². The van der Waals surface area contributed by atoms with Crippen LogP contribution in [0.4, 0.5) is 0 Å². The van der Waals surface area contributed by atoms with Crippen molar-refractivity contribution in [2.24, 2.45) is 11.8 Å². The Hall–Kier alpha value is -4.00. The summed E-state index contributed by atoms with van der Waals surface area (Å²) in [5.41, 5.74) is 3.11. The molecule has 0 radical (unpaired) electrons. The minimum Gasteiger partial charge on any atom is -0.382 e. The van der Waals surface area contributed by atoms with E-state index in [1.54, 1.807) is 48.5 Å². The van der Waals surface area contributed by atoms with E-state index in [0.717, 1.165) is 6.42 Å². The Labute approximate surface area is 229 Å². The molecule has 2 aromatic rings. The average molecular weight is 536 g/mol. The van der Waals surface area contributed by atoms with Crippen molar-refractivity contribution in [3.63, 3.8) is 0 Å². The number of carbonyl (C=O) groups is 4. The van der Waals surface area contributed by atoms with Crippen LogP contribution in [0.15, 0.2) is 54.6 Å². The molecule has 0 saturated carbocycles. The van der Waals surface area contributed by atoms with Gasteiger partial charge in [-0.3, -0.25) is 24.4 Å². The van der Waals surface area contributed by atoms with Gasteiger partial charge < -0.3 is 15.7 Å². The molecule has 9 heteroatoms. The minimum atomic E-state index is -1.80. The summed E-state index contributed by atoms with van der Waals surface area (Å²) in [5, 5.41) is 24.8. The maximum absolute atomic E-state index is 13.2. The Balaban J connectivity index is 2.21. The molecule has 5 N–H and O–H groups in total. The van der Waals surface area contributed by atoms with E-state index in [2.05, 4.69) is 16.6 Å². The number of aliphatic hydroxyl groups is 1. The van der Waals surface area contributed by atoms with Crippen molar-refractivity contribution in [1.82, 2.24) is 16.1 Å². The number of amides is 3. The molecule has 3 amide bonds. The highest BCUT2D eigenvalue weighted by Crippen LogP contribution is 2.18. The Morgan fingerprint density at radius 1 is 0.897 bits per heavy atom. The van der Waals surface area contributed by atoms with Crippen molar-refractivity contribution in [2.75, 3.05) is 6.54 Å². The summed E-state index contributed by atoms with van der Waals surface area (Å²) in [6.45, 7) is 4.01. The number of nitrogens with one attached hydrogen (secondary N) is 3. The first-order valence-electron chi connectivity index (χ1n) is 13.0. The molecule has 0 bridgehead atoms. The number of hydroxylamine groups is 1. The zero-order valence-corrected chi connectivity index (χ0v) is 22.4. The maximum atomic E-state index is 13.2. The van der Waals surface area contributed by atoms with Gasteiger partial charge >= 0.3 is 0 Å². The van der Waals surface area contributed by atoms with Gasteiger partial charge in [0.1, 0.15) is 12.1 Å². The summed E-state index contributed by atoms with van der Waals surface area (Å²) in [6.07, 6.45) is 5.72. The lowest BCUT2D eigenvalue weighted by Crippen LogP contribution is -2.53. The lowest BCUT2D eigenvalue weighted by molar-refractivity contribution is -0.147. The van der Waals surface area contributed by atoms with Gasteiger partial charge in [0.2, 0.25) is 11.8 Å². The molecular weight excluding hydrogens is 498 g/mol. The van der Waals surface area contributed by atoms with Crippen LogP contribution >= 0.6 is 0 Å². The summed E-state index contributed by atoms with van der Waals surface area (Å²) >= 11 is 0. The van der Waals surface area contributed by atoms with Crippen LogP contribution in [0.5, 0.6) is 0 Å². The summed E-state index contributed by atoms with van der Waals surface area (Å²) in [6, 6.07) is 14.6. The minimum absolute atomic E-state index is 0.0555. The third-order valence-electron chi connectivity index (χ3n) is 6.19. The number of ketones is 1. The first-order chi connectivity index (χ1) is 18.7. The number of unbranched alkanes of at least 4 members (excludes halogenated alkanes) is 2. The van der Waals surface area contributed by atoms with Gasteiger partial charge in [0.15, 0.2) is 5.78 Å². The molecule has 0 fully saturated rings. The highest BCUT2D eigenvalue weighted by atomic mass is 16.5. The number of aliphatic hydroxyl groups excluding tert-OH is 1. The fraction of sp³-hybridized carbons (Fsp3) is 0.400. The van der Waals surface area contributed by atoms with Gasteiger partial charge in [-0.25, -0.2) is 5.48 Å². The predicted octanol–water partition coefficient (Wildman–Crippen LogP) is 2.39. The molecule has 9 nitrogen and oxygen atoms in total. The van der Waals surface area contributed by atoms with Crippen LogP contribution in [0.3, 0.4) is 0 Å². The van der Waals surface area contributed by atoms with Crippen LogP contribution < -0.4 is 16.1 Å². The molecule has 208 valence electrons. The number of rotatable bonds is 15. The third kappa shape index (κ3) is 10.0. The van der Waals surface area contributed by atoms with Gasteiger partial charge in [-0.05, 0) is 30.7 Å². The van der Waals surface area contributed by atoms with Gasteiger partial charge in [-0.2, -0.15) is 0 Å². The summed E-state index contributed by atoms with van der Waals surface area (Å²) in [4.78, 5) is 50.8. The van der Waals surface area contributed by atoms with Crippen molar-refractivity contribution in [3.05, 3.63) is 71.3 Å². The molecule has 0 aliphatic carbocycles. The van der Waals surface area contributed by atoms with Crippen molar-refractivity contribution >= 4 is 23.5 Å². The van der Waals surface area contributed by atoms with Gasteiger partial charge in [-0.1, -0.05) is 68.4 Å². The van der Waals surface area contributed by atoms with E-state index in [0.29, 0.717) is 36.1 Å². The van der Waals surface area contributed by atoms with Gasteiger partial charge in [0, 0.05) is 30.5 Å². The van der Waals surface area contributed by atoms with E-state index in [1.165, 1.54) is 5.48 Å². The Morgan fingerprint density at radius 2 is 1.54 bits per heavy atom. The van der Waals surface area contributed by atoms with Crippen LogP contribution in [0, 0.1) is 24.2 Å². The molecule has 0 aliphatic rings. The Morgan fingerprint density at radius 3 is 2.13 bits per heavy atom. The monoisotopic (exact) mass is 535 g/mol. The number of hydrogen-bond donors (Lipinski definition) is 5. The largest absolute Gasteiger partial charge is 0.382 e. The van der Waals surface area contributed by atoms with Crippen molar-refractivity contribution in [3.8, 4) is 12.3 Å². The van der Waals surface area contributed by atoms with Crippen molar-refractivity contribution in [1.29, 1.82) is 0 Å². The molecule has 0 unspecified atom stereocenters. The number of benzene rings is 2. The molecule has 0 heterocycles. The van der Waals surface area contributed by atoms with Gasteiger partial charge in [-0.15, -0.1) is 12.3 Å².